The zero-order chi connectivity index (χ0) is 31.9. The molecule has 0 aliphatic heterocycles. The predicted molar refractivity (Wildman–Crippen MR) is 203 cm³/mol. The van der Waals surface area contributed by atoms with Crippen LogP contribution < -0.4 is 0 Å². The Labute approximate surface area is 280 Å². The molecule has 0 spiro atoms. The lowest BCUT2D eigenvalue weighted by atomic mass is 9.96. The number of nitrogens with zero attached hydrogens (tertiary/aromatic N) is 3. The van der Waals surface area contributed by atoms with Crippen molar-refractivity contribution in [2.75, 3.05) is 0 Å². The maximum atomic E-state index is 9.71. The van der Waals surface area contributed by atoms with E-state index in [0.29, 0.717) is 5.56 Å². The van der Waals surface area contributed by atoms with Gasteiger partial charge in [0.25, 0.3) is 0 Å². The van der Waals surface area contributed by atoms with Gasteiger partial charge in [0.1, 0.15) is 0 Å². The molecule has 0 saturated carbocycles. The number of rotatable bonds is 3. The molecule has 0 unspecified atom stereocenters. The Balaban J connectivity index is 1.30. The normalized spacial score (nSPS) is 11.8. The van der Waals surface area contributed by atoms with E-state index in [4.69, 9.17) is 0 Å². The monoisotopic (exact) mass is 629 g/mol. The molecule has 0 radical (unpaired) electrons. The standard InChI is InChI=1S/C44H27N3S/c1-27-11-9-20-39(47-36-18-7-5-14-30(36)35-25-28(26-45)21-23-38(35)47)41(27)34-17-10-16-31-32-22-24-40-42(44(32)48-43(31)34)33-15-6-8-19-37(33)46(40)29-12-3-2-4-13-29/h2-25H,1H3. The number of benzene rings is 7. The van der Waals surface area contributed by atoms with Crippen LogP contribution in [0.5, 0.6) is 0 Å². The highest BCUT2D eigenvalue weighted by Crippen LogP contribution is 2.47. The van der Waals surface area contributed by atoms with Crippen molar-refractivity contribution < 1.29 is 0 Å². The van der Waals surface area contributed by atoms with E-state index in [1.54, 1.807) is 0 Å². The molecule has 0 N–H and O–H groups in total. The summed E-state index contributed by atoms with van der Waals surface area (Å²) < 4.78 is 7.39. The molecule has 48 heavy (non-hydrogen) atoms. The van der Waals surface area contributed by atoms with Crippen molar-refractivity contribution in [3.63, 3.8) is 0 Å². The summed E-state index contributed by atoms with van der Waals surface area (Å²) in [6, 6.07) is 54.4. The van der Waals surface area contributed by atoms with E-state index in [0.717, 1.165) is 27.5 Å². The topological polar surface area (TPSA) is 33.6 Å². The van der Waals surface area contributed by atoms with Gasteiger partial charge in [0.05, 0.1) is 39.4 Å². The molecule has 3 heterocycles. The van der Waals surface area contributed by atoms with Crippen LogP contribution in [0.15, 0.2) is 146 Å². The van der Waals surface area contributed by atoms with Gasteiger partial charge < -0.3 is 9.13 Å². The van der Waals surface area contributed by atoms with Gasteiger partial charge in [0, 0.05) is 58.5 Å². The summed E-state index contributed by atoms with van der Waals surface area (Å²) >= 11 is 1.90. The Hall–Kier alpha value is -6.15. The maximum absolute atomic E-state index is 9.71. The quantitative estimate of drug-likeness (QED) is 0.191. The molecule has 0 aliphatic carbocycles. The fourth-order valence-corrected chi connectivity index (χ4v) is 9.23. The van der Waals surface area contributed by atoms with Crippen molar-refractivity contribution >= 4 is 75.1 Å². The molecular weight excluding hydrogens is 603 g/mol. The lowest BCUT2D eigenvalue weighted by molar-refractivity contribution is 1.17. The molecule has 7 aromatic carbocycles. The molecular formula is C44H27N3S. The smallest absolute Gasteiger partial charge is 0.0991 e. The van der Waals surface area contributed by atoms with Gasteiger partial charge in [-0.2, -0.15) is 5.26 Å². The summed E-state index contributed by atoms with van der Waals surface area (Å²) in [5.74, 6) is 0. The number of hydrogen-bond donors (Lipinski definition) is 0. The van der Waals surface area contributed by atoms with Crippen molar-refractivity contribution in [3.05, 3.63) is 157 Å². The van der Waals surface area contributed by atoms with E-state index >= 15 is 0 Å². The molecule has 0 atom stereocenters. The van der Waals surface area contributed by atoms with Gasteiger partial charge in [-0.1, -0.05) is 91.0 Å². The number of hydrogen-bond acceptors (Lipinski definition) is 2. The third kappa shape index (κ3) is 3.68. The first-order valence-electron chi connectivity index (χ1n) is 16.2. The summed E-state index contributed by atoms with van der Waals surface area (Å²) in [4.78, 5) is 0. The van der Waals surface area contributed by atoms with Crippen LogP contribution in [0, 0.1) is 18.3 Å². The minimum Gasteiger partial charge on any atom is -0.309 e. The highest BCUT2D eigenvalue weighted by Gasteiger charge is 2.22. The third-order valence-electron chi connectivity index (χ3n) is 9.88. The van der Waals surface area contributed by atoms with Gasteiger partial charge in [0.2, 0.25) is 0 Å². The Morgan fingerprint density at radius 1 is 0.521 bits per heavy atom. The van der Waals surface area contributed by atoms with Gasteiger partial charge in [-0.15, -0.1) is 11.3 Å². The van der Waals surface area contributed by atoms with Crippen LogP contribution >= 0.6 is 11.3 Å². The van der Waals surface area contributed by atoms with E-state index in [2.05, 4.69) is 156 Å². The number of aromatic nitrogens is 2. The number of nitriles is 1. The van der Waals surface area contributed by atoms with Crippen molar-refractivity contribution in [1.82, 2.24) is 9.13 Å². The minimum absolute atomic E-state index is 0.671. The van der Waals surface area contributed by atoms with E-state index in [-0.39, 0.29) is 0 Å². The van der Waals surface area contributed by atoms with Crippen molar-refractivity contribution in [2.24, 2.45) is 0 Å². The Kier molecular flexibility index (Phi) is 5.72. The molecule has 10 rings (SSSR count). The van der Waals surface area contributed by atoms with E-state index in [1.165, 1.54) is 64.4 Å². The SMILES string of the molecule is Cc1cccc(-n2c3ccccc3c3cc(C#N)ccc32)c1-c1cccc2c1sc1c2ccc2c1c1ccccc1n2-c1ccccc1. The average Bonchev–Trinajstić information content (AvgIpc) is 3.79. The largest absolute Gasteiger partial charge is 0.309 e. The zero-order valence-electron chi connectivity index (χ0n) is 26.1. The first kappa shape index (κ1) is 27.0. The molecule has 0 bridgehead atoms. The zero-order valence-corrected chi connectivity index (χ0v) is 26.9. The first-order valence-corrected chi connectivity index (χ1v) is 17.0. The van der Waals surface area contributed by atoms with Crippen molar-refractivity contribution in [1.29, 1.82) is 5.26 Å². The average molecular weight is 630 g/mol. The fourth-order valence-electron chi connectivity index (χ4n) is 7.85. The van der Waals surface area contributed by atoms with Crippen molar-refractivity contribution in [2.45, 2.75) is 6.92 Å². The molecule has 224 valence electrons. The molecule has 4 heteroatoms. The van der Waals surface area contributed by atoms with Crippen LogP contribution in [0.4, 0.5) is 0 Å². The van der Waals surface area contributed by atoms with Crippen LogP contribution in [0.2, 0.25) is 0 Å². The summed E-state index contributed by atoms with van der Waals surface area (Å²) in [6.07, 6.45) is 0. The Morgan fingerprint density at radius 3 is 2.02 bits per heavy atom. The van der Waals surface area contributed by atoms with E-state index in [9.17, 15) is 5.26 Å². The van der Waals surface area contributed by atoms with E-state index < -0.39 is 0 Å². The molecule has 0 amide bonds. The predicted octanol–water partition coefficient (Wildman–Crippen LogP) is 12.1. The fraction of sp³-hybridized carbons (Fsp3) is 0.0227. The first-order chi connectivity index (χ1) is 23.7. The van der Waals surface area contributed by atoms with E-state index in [1.807, 2.05) is 23.5 Å². The summed E-state index contributed by atoms with van der Waals surface area (Å²) in [5, 5.41) is 17.1. The summed E-state index contributed by atoms with van der Waals surface area (Å²) in [6.45, 7) is 2.22. The second-order valence-electron chi connectivity index (χ2n) is 12.5. The molecule has 3 aromatic heterocycles. The lowest BCUT2D eigenvalue weighted by Crippen LogP contribution is -1.99. The molecule has 10 aromatic rings. The molecule has 0 saturated heterocycles. The number of para-hydroxylation sites is 3. The van der Waals surface area contributed by atoms with Crippen molar-refractivity contribution in [3.8, 4) is 28.6 Å². The molecule has 0 aliphatic rings. The van der Waals surface area contributed by atoms with Crippen LogP contribution in [0.25, 0.3) is 86.3 Å². The maximum Gasteiger partial charge on any atom is 0.0991 e. The second-order valence-corrected chi connectivity index (χ2v) is 13.5. The highest BCUT2D eigenvalue weighted by molar-refractivity contribution is 7.27. The van der Waals surface area contributed by atoms with Gasteiger partial charge in [-0.05, 0) is 67.1 Å². The van der Waals surface area contributed by atoms with Gasteiger partial charge in [-0.3, -0.25) is 0 Å². The third-order valence-corrected chi connectivity index (χ3v) is 11.1. The van der Waals surface area contributed by atoms with Gasteiger partial charge in [-0.25, -0.2) is 0 Å². The second kappa shape index (κ2) is 10.2. The Morgan fingerprint density at radius 2 is 1.19 bits per heavy atom. The van der Waals surface area contributed by atoms with Gasteiger partial charge in [0.15, 0.2) is 0 Å². The van der Waals surface area contributed by atoms with Crippen LogP contribution in [-0.4, -0.2) is 9.13 Å². The summed E-state index contributed by atoms with van der Waals surface area (Å²) in [7, 11) is 0. The highest BCUT2D eigenvalue weighted by atomic mass is 32.1. The number of aryl methyl sites for hydroxylation is 1. The molecule has 0 fully saturated rings. The number of thiophene rings is 1. The van der Waals surface area contributed by atoms with Crippen LogP contribution in [-0.2, 0) is 0 Å². The lowest BCUT2D eigenvalue weighted by Gasteiger charge is -2.17. The minimum atomic E-state index is 0.671. The van der Waals surface area contributed by atoms with Crippen LogP contribution in [0.3, 0.4) is 0 Å². The summed E-state index contributed by atoms with van der Waals surface area (Å²) in [5.41, 5.74) is 11.3. The Bertz CT molecular complexity index is 2970. The van der Waals surface area contributed by atoms with Crippen LogP contribution in [0.1, 0.15) is 11.1 Å². The molecule has 3 nitrogen and oxygen atoms in total. The van der Waals surface area contributed by atoms with Gasteiger partial charge >= 0.3 is 0 Å². The number of fused-ring (bicyclic) bond motifs is 10.